The highest BCUT2D eigenvalue weighted by molar-refractivity contribution is 7.89. The lowest BCUT2D eigenvalue weighted by atomic mass is 10.0. The summed E-state index contributed by atoms with van der Waals surface area (Å²) in [5.74, 6) is -0.379. The van der Waals surface area contributed by atoms with Gasteiger partial charge in [0.1, 0.15) is 0 Å². The first-order chi connectivity index (χ1) is 15.2. The Bertz CT molecular complexity index is 1340. The molecule has 1 aromatic heterocycles. The van der Waals surface area contributed by atoms with Crippen molar-refractivity contribution in [2.24, 2.45) is 12.0 Å². The fraction of sp³-hybridized carbons (Fsp3) is 0.417. The Labute approximate surface area is 193 Å². The summed E-state index contributed by atoms with van der Waals surface area (Å²) in [6, 6.07) is 10.4. The molecule has 0 aliphatic carbocycles. The van der Waals surface area contributed by atoms with Gasteiger partial charge in [-0.3, -0.25) is 4.79 Å². The van der Waals surface area contributed by atoms with Crippen molar-refractivity contribution < 1.29 is 13.2 Å². The van der Waals surface area contributed by atoms with Crippen LogP contribution in [-0.4, -0.2) is 35.8 Å². The molecule has 6 nitrogen and oxygen atoms in total. The van der Waals surface area contributed by atoms with E-state index in [0.29, 0.717) is 16.9 Å². The van der Waals surface area contributed by atoms with E-state index in [2.05, 4.69) is 24.0 Å². The van der Waals surface area contributed by atoms with Gasteiger partial charge >= 0.3 is 0 Å². The summed E-state index contributed by atoms with van der Waals surface area (Å²) in [4.78, 5) is 18.0. The van der Waals surface area contributed by atoms with Crippen LogP contribution in [0.3, 0.4) is 0 Å². The second kappa shape index (κ2) is 8.92. The molecule has 0 bridgehead atoms. The molecule has 0 spiro atoms. The van der Waals surface area contributed by atoms with E-state index in [1.54, 1.807) is 16.4 Å². The molecular weight excluding hydrogens is 442 g/mol. The fourth-order valence-electron chi connectivity index (χ4n) is 4.42. The monoisotopic (exact) mass is 471 g/mol. The predicted molar refractivity (Wildman–Crippen MR) is 128 cm³/mol. The van der Waals surface area contributed by atoms with Crippen molar-refractivity contribution >= 4 is 37.5 Å². The molecule has 2 heterocycles. The highest BCUT2D eigenvalue weighted by Gasteiger charge is 2.32. The standard InChI is InChI=1S/C24H29N3O3S2/c1-5-19-8-6-7-15-27(19)32(29,30)20-13-11-18(12-14-20)23(28)25-24-26(4)21-16(2)9-10-17(3)22(21)31-24/h9-14,19H,5-8,15H2,1-4H3. The Hall–Kier alpha value is -2.29. The number of hydrogen-bond donors (Lipinski definition) is 0. The van der Waals surface area contributed by atoms with Gasteiger partial charge in [0.05, 0.1) is 15.1 Å². The van der Waals surface area contributed by atoms with E-state index in [0.717, 1.165) is 47.0 Å². The molecule has 3 aromatic rings. The second-order valence-electron chi connectivity index (χ2n) is 8.44. The summed E-state index contributed by atoms with van der Waals surface area (Å²) in [5, 5.41) is 0. The van der Waals surface area contributed by atoms with Crippen LogP contribution in [0.25, 0.3) is 10.2 Å². The smallest absolute Gasteiger partial charge is 0.279 e. The fourth-order valence-corrected chi connectivity index (χ4v) is 7.35. The van der Waals surface area contributed by atoms with Crippen molar-refractivity contribution in [3.63, 3.8) is 0 Å². The van der Waals surface area contributed by atoms with Gasteiger partial charge in [-0.1, -0.05) is 36.8 Å². The molecule has 4 rings (SSSR count). The Morgan fingerprint density at radius 1 is 1.09 bits per heavy atom. The molecule has 1 atom stereocenters. The van der Waals surface area contributed by atoms with Crippen molar-refractivity contribution in [3.8, 4) is 0 Å². The number of carbonyl (C=O) groups excluding carboxylic acids is 1. The Balaban J connectivity index is 1.64. The zero-order valence-electron chi connectivity index (χ0n) is 19.0. The normalized spacial score (nSPS) is 18.4. The van der Waals surface area contributed by atoms with Crippen LogP contribution >= 0.6 is 11.3 Å². The number of fused-ring (bicyclic) bond motifs is 1. The lowest BCUT2D eigenvalue weighted by molar-refractivity contribution is 0.0998. The molecule has 2 aromatic carbocycles. The maximum absolute atomic E-state index is 13.2. The maximum atomic E-state index is 13.2. The van der Waals surface area contributed by atoms with E-state index in [1.165, 1.54) is 23.5 Å². The van der Waals surface area contributed by atoms with Gasteiger partial charge < -0.3 is 4.57 Å². The van der Waals surface area contributed by atoms with Crippen LogP contribution in [0, 0.1) is 13.8 Å². The molecule has 1 saturated heterocycles. The Morgan fingerprint density at radius 2 is 1.78 bits per heavy atom. The largest absolute Gasteiger partial charge is 0.319 e. The summed E-state index contributed by atoms with van der Waals surface area (Å²) >= 11 is 1.49. The number of aryl methyl sites for hydroxylation is 3. The number of piperidine rings is 1. The number of carbonyl (C=O) groups is 1. The minimum atomic E-state index is -3.57. The summed E-state index contributed by atoms with van der Waals surface area (Å²) in [7, 11) is -1.66. The number of aromatic nitrogens is 1. The van der Waals surface area contributed by atoms with Crippen LogP contribution in [0.2, 0.25) is 0 Å². The summed E-state index contributed by atoms with van der Waals surface area (Å²) < 4.78 is 31.0. The molecule has 0 N–H and O–H groups in total. The highest BCUT2D eigenvalue weighted by atomic mass is 32.2. The van der Waals surface area contributed by atoms with E-state index in [-0.39, 0.29) is 16.8 Å². The van der Waals surface area contributed by atoms with Gasteiger partial charge in [0.2, 0.25) is 10.0 Å². The number of thiazole rings is 1. The maximum Gasteiger partial charge on any atom is 0.279 e. The zero-order chi connectivity index (χ0) is 23.0. The van der Waals surface area contributed by atoms with E-state index in [1.807, 2.05) is 25.5 Å². The quantitative estimate of drug-likeness (QED) is 0.560. The van der Waals surface area contributed by atoms with Crippen LogP contribution in [0.5, 0.6) is 0 Å². The van der Waals surface area contributed by atoms with Crippen molar-refractivity contribution in [2.75, 3.05) is 6.54 Å². The molecule has 170 valence electrons. The number of hydrogen-bond acceptors (Lipinski definition) is 4. The van der Waals surface area contributed by atoms with Gasteiger partial charge in [-0.05, 0) is 68.5 Å². The number of sulfonamides is 1. The van der Waals surface area contributed by atoms with E-state index in [4.69, 9.17) is 0 Å². The molecular formula is C24H29N3O3S2. The van der Waals surface area contributed by atoms with E-state index in [9.17, 15) is 13.2 Å². The van der Waals surface area contributed by atoms with Crippen molar-refractivity contribution in [1.29, 1.82) is 0 Å². The average molecular weight is 472 g/mol. The molecule has 1 unspecified atom stereocenters. The Kier molecular flexibility index (Phi) is 6.38. The van der Waals surface area contributed by atoms with Crippen LogP contribution in [0.15, 0.2) is 46.3 Å². The lowest BCUT2D eigenvalue weighted by Gasteiger charge is -2.34. The average Bonchev–Trinajstić information content (AvgIpc) is 3.13. The first-order valence-corrected chi connectivity index (χ1v) is 13.3. The van der Waals surface area contributed by atoms with Crippen molar-refractivity contribution in [1.82, 2.24) is 8.87 Å². The number of benzene rings is 2. The number of rotatable bonds is 4. The summed E-state index contributed by atoms with van der Waals surface area (Å²) in [5.41, 5.74) is 3.74. The SMILES string of the molecule is CCC1CCCCN1S(=O)(=O)c1ccc(C(=O)N=c2sc3c(C)ccc(C)c3n2C)cc1. The van der Waals surface area contributed by atoms with Crippen LogP contribution in [-0.2, 0) is 17.1 Å². The molecule has 1 aliphatic rings. The third-order valence-electron chi connectivity index (χ3n) is 6.30. The van der Waals surface area contributed by atoms with Gasteiger partial charge in [-0.15, -0.1) is 0 Å². The van der Waals surface area contributed by atoms with Gasteiger partial charge in [0.15, 0.2) is 4.80 Å². The minimum Gasteiger partial charge on any atom is -0.319 e. The second-order valence-corrected chi connectivity index (χ2v) is 11.3. The molecule has 1 aliphatic heterocycles. The van der Waals surface area contributed by atoms with Gasteiger partial charge in [-0.25, -0.2) is 8.42 Å². The molecule has 1 fully saturated rings. The van der Waals surface area contributed by atoms with Crippen molar-refractivity contribution in [3.05, 3.63) is 57.9 Å². The number of amides is 1. The molecule has 8 heteroatoms. The third kappa shape index (κ3) is 4.07. The lowest BCUT2D eigenvalue weighted by Crippen LogP contribution is -2.43. The van der Waals surface area contributed by atoms with Gasteiger partial charge in [-0.2, -0.15) is 9.30 Å². The van der Waals surface area contributed by atoms with Gasteiger partial charge in [0.25, 0.3) is 5.91 Å². The van der Waals surface area contributed by atoms with Gasteiger partial charge in [0, 0.05) is 25.2 Å². The summed E-state index contributed by atoms with van der Waals surface area (Å²) in [6.45, 7) is 6.68. The topological polar surface area (TPSA) is 71.7 Å². The molecule has 0 saturated carbocycles. The van der Waals surface area contributed by atoms with Crippen LogP contribution in [0.4, 0.5) is 0 Å². The predicted octanol–water partition coefficient (Wildman–Crippen LogP) is 4.55. The number of nitrogens with zero attached hydrogens (tertiary/aromatic N) is 3. The van der Waals surface area contributed by atoms with Crippen LogP contribution < -0.4 is 4.80 Å². The highest BCUT2D eigenvalue weighted by Crippen LogP contribution is 2.27. The van der Waals surface area contributed by atoms with Crippen molar-refractivity contribution in [2.45, 2.75) is 57.4 Å². The van der Waals surface area contributed by atoms with E-state index < -0.39 is 10.0 Å². The third-order valence-corrected chi connectivity index (χ3v) is 9.53. The molecule has 0 radical (unpaired) electrons. The van der Waals surface area contributed by atoms with E-state index >= 15 is 0 Å². The van der Waals surface area contributed by atoms with Crippen LogP contribution in [0.1, 0.15) is 54.1 Å². The molecule has 32 heavy (non-hydrogen) atoms. The molecule has 1 amide bonds. The zero-order valence-corrected chi connectivity index (χ0v) is 20.6. The first kappa shape index (κ1) is 22.9. The Morgan fingerprint density at radius 3 is 2.44 bits per heavy atom. The summed E-state index contributed by atoms with van der Waals surface area (Å²) in [6.07, 6.45) is 3.65. The minimum absolute atomic E-state index is 0.0462. The first-order valence-electron chi connectivity index (χ1n) is 11.0.